The van der Waals surface area contributed by atoms with E-state index in [2.05, 4.69) is 31.9 Å². The molecule has 7 unspecified atom stereocenters. The molecule has 0 bridgehead atoms. The number of ether oxygens (including phenoxy) is 1. The first-order valence-electron chi connectivity index (χ1n) is 21.1. The van der Waals surface area contributed by atoms with Crippen LogP contribution in [0.3, 0.4) is 0 Å². The smallest absolute Gasteiger partial charge is 0.326 e. The molecule has 0 spiro atoms. The van der Waals surface area contributed by atoms with Crippen LogP contribution in [0.2, 0.25) is 0 Å². The van der Waals surface area contributed by atoms with Gasteiger partial charge in [-0.25, -0.2) is 9.59 Å². The van der Waals surface area contributed by atoms with E-state index in [1.165, 1.54) is 30.6 Å². The third kappa shape index (κ3) is 17.0. The molecule has 1 aliphatic rings. The van der Waals surface area contributed by atoms with Gasteiger partial charge in [-0.1, -0.05) is 80.9 Å². The Kier molecular flexibility index (Phi) is 21.8. The van der Waals surface area contributed by atoms with Gasteiger partial charge in [-0.05, 0) is 80.4 Å². The molecule has 340 valence electrons. The quantitative estimate of drug-likeness (QED) is 0.121. The van der Waals surface area contributed by atoms with Gasteiger partial charge in [0.25, 0.3) is 0 Å². The molecule has 2 aromatic carbocycles. The van der Waals surface area contributed by atoms with Gasteiger partial charge in [0.2, 0.25) is 29.5 Å². The van der Waals surface area contributed by atoms with Gasteiger partial charge in [-0.15, -0.1) is 0 Å². The Bertz CT molecular complexity index is 1800. The zero-order valence-electron chi connectivity index (χ0n) is 36.3. The summed E-state index contributed by atoms with van der Waals surface area (Å²) < 4.78 is 5.16. The molecule has 0 radical (unpaired) electrons. The Morgan fingerprint density at radius 2 is 1.42 bits per heavy atom. The van der Waals surface area contributed by atoms with Gasteiger partial charge in [0, 0.05) is 20.5 Å². The average molecular weight is 882 g/mol. The lowest BCUT2D eigenvalue weighted by atomic mass is 9.99. The summed E-state index contributed by atoms with van der Waals surface area (Å²) in [6, 6.07) is 10.5. The Morgan fingerprint density at radius 1 is 0.823 bits per heavy atom. The number of benzene rings is 2. The van der Waals surface area contributed by atoms with Crippen molar-refractivity contribution in [1.82, 2.24) is 36.8 Å². The number of amides is 7. The molecule has 1 fully saturated rings. The van der Waals surface area contributed by atoms with Crippen LogP contribution in [-0.4, -0.2) is 126 Å². The van der Waals surface area contributed by atoms with E-state index in [0.29, 0.717) is 31.4 Å². The number of carbonyl (C=O) groups excluding carboxylic acids is 7. The standard InChI is InChI=1S/C44H63N7O10S/c1-6-28(2)37(43(58)59)50-44(60)49-32-19-13-14-25-45-38(53)35(27-61-29(3)52)48-41(56)36(23-21-31-17-11-8-12-18-31)51(4)42(57)34(22-20-30-15-9-7-10-16-30)47-40(55)33(24-26-62-5)46-39(32)54/h7-12,15-18,28,32-37H,6,13-14,19-27H2,1-5H3,(H,45,53)(H,46,54)(H,47,55)(H,48,56)(H,58,59)(H2,49,50,60). The third-order valence-corrected chi connectivity index (χ3v) is 11.4. The number of esters is 1. The van der Waals surface area contributed by atoms with Crippen LogP contribution in [0.1, 0.15) is 76.8 Å². The number of nitrogens with zero attached hydrogens (tertiary/aromatic N) is 1. The van der Waals surface area contributed by atoms with E-state index < -0.39 is 96.3 Å². The van der Waals surface area contributed by atoms with E-state index in [1.54, 1.807) is 13.8 Å². The number of hydrogen-bond acceptors (Lipinski definition) is 10. The first kappa shape index (κ1) is 50.7. The van der Waals surface area contributed by atoms with Crippen LogP contribution >= 0.6 is 11.8 Å². The molecule has 17 nitrogen and oxygen atoms in total. The summed E-state index contributed by atoms with van der Waals surface area (Å²) >= 11 is 1.44. The topological polar surface area (TPSA) is 241 Å². The van der Waals surface area contributed by atoms with Gasteiger partial charge in [0.15, 0.2) is 0 Å². The second kappa shape index (κ2) is 26.6. The van der Waals surface area contributed by atoms with Crippen molar-refractivity contribution in [2.75, 3.05) is 32.2 Å². The minimum atomic E-state index is -1.33. The van der Waals surface area contributed by atoms with Crippen molar-refractivity contribution in [2.45, 2.75) is 115 Å². The number of carbonyl (C=O) groups is 8. The molecule has 7 N–H and O–H groups in total. The number of aliphatic carboxylic acids is 1. The van der Waals surface area contributed by atoms with Gasteiger partial charge in [0.05, 0.1) is 0 Å². The Hall–Kier alpha value is -5.65. The number of likely N-dealkylation sites (N-methyl/N-ethyl adjacent to an activating group) is 1. The van der Waals surface area contributed by atoms with Gasteiger partial charge in [0.1, 0.15) is 42.9 Å². The van der Waals surface area contributed by atoms with Gasteiger partial charge < -0.3 is 46.6 Å². The second-order valence-corrected chi connectivity index (χ2v) is 16.4. The zero-order chi connectivity index (χ0) is 45.6. The highest BCUT2D eigenvalue weighted by Crippen LogP contribution is 2.16. The van der Waals surface area contributed by atoms with Crippen LogP contribution in [-0.2, 0) is 51.1 Å². The molecule has 18 heteroatoms. The van der Waals surface area contributed by atoms with Crippen molar-refractivity contribution in [1.29, 1.82) is 0 Å². The minimum Gasteiger partial charge on any atom is -0.480 e. The van der Waals surface area contributed by atoms with Gasteiger partial charge in [-0.3, -0.25) is 28.8 Å². The van der Waals surface area contributed by atoms with Crippen LogP contribution in [0.5, 0.6) is 0 Å². The zero-order valence-corrected chi connectivity index (χ0v) is 37.1. The second-order valence-electron chi connectivity index (χ2n) is 15.4. The molecular weight excluding hydrogens is 819 g/mol. The van der Waals surface area contributed by atoms with Crippen LogP contribution in [0, 0.1) is 5.92 Å². The van der Waals surface area contributed by atoms with E-state index in [0.717, 1.165) is 11.1 Å². The monoisotopic (exact) mass is 881 g/mol. The minimum absolute atomic E-state index is 0.0345. The van der Waals surface area contributed by atoms with E-state index in [-0.39, 0.29) is 38.6 Å². The van der Waals surface area contributed by atoms with Crippen LogP contribution in [0.4, 0.5) is 4.79 Å². The molecule has 0 aliphatic carbocycles. The Morgan fingerprint density at radius 3 is 2.00 bits per heavy atom. The molecule has 7 atom stereocenters. The van der Waals surface area contributed by atoms with Crippen molar-refractivity contribution in [2.24, 2.45) is 5.92 Å². The number of rotatable bonds is 16. The molecule has 0 saturated carbocycles. The Labute approximate surface area is 368 Å². The summed E-state index contributed by atoms with van der Waals surface area (Å²) in [5.74, 6) is -5.18. The summed E-state index contributed by atoms with van der Waals surface area (Å²) in [7, 11) is 1.45. The number of carboxylic acids is 1. The average Bonchev–Trinajstić information content (AvgIpc) is 3.25. The fourth-order valence-electron chi connectivity index (χ4n) is 6.86. The lowest BCUT2D eigenvalue weighted by molar-refractivity contribution is -0.146. The van der Waals surface area contributed by atoms with Crippen LogP contribution in [0.25, 0.3) is 0 Å². The summed E-state index contributed by atoms with van der Waals surface area (Å²) in [5.41, 5.74) is 1.79. The molecule has 3 rings (SSSR count). The molecule has 1 saturated heterocycles. The highest BCUT2D eigenvalue weighted by atomic mass is 32.2. The number of thioether (sulfide) groups is 1. The maximum Gasteiger partial charge on any atom is 0.326 e. The lowest BCUT2D eigenvalue weighted by Gasteiger charge is -2.32. The van der Waals surface area contributed by atoms with E-state index in [4.69, 9.17) is 4.74 Å². The molecule has 7 amide bonds. The number of nitrogens with one attached hydrogen (secondary N) is 6. The van der Waals surface area contributed by atoms with E-state index >= 15 is 0 Å². The first-order valence-corrected chi connectivity index (χ1v) is 22.5. The highest BCUT2D eigenvalue weighted by molar-refractivity contribution is 7.98. The normalized spacial score (nSPS) is 21.9. The molecule has 1 heterocycles. The van der Waals surface area contributed by atoms with E-state index in [1.807, 2.05) is 66.9 Å². The maximum absolute atomic E-state index is 14.6. The van der Waals surface area contributed by atoms with Crippen molar-refractivity contribution >= 4 is 59.3 Å². The van der Waals surface area contributed by atoms with Crippen molar-refractivity contribution in [3.05, 3.63) is 71.8 Å². The van der Waals surface area contributed by atoms with Crippen molar-refractivity contribution < 1.29 is 48.2 Å². The highest BCUT2D eigenvalue weighted by Gasteiger charge is 2.36. The largest absolute Gasteiger partial charge is 0.480 e. The predicted molar refractivity (Wildman–Crippen MR) is 235 cm³/mol. The number of aryl methyl sites for hydroxylation is 2. The lowest BCUT2D eigenvalue weighted by Crippen LogP contribution is -2.60. The molecule has 1 aliphatic heterocycles. The van der Waals surface area contributed by atoms with Crippen molar-refractivity contribution in [3.8, 4) is 0 Å². The van der Waals surface area contributed by atoms with Crippen LogP contribution in [0.15, 0.2) is 60.7 Å². The fourth-order valence-corrected chi connectivity index (χ4v) is 7.33. The third-order valence-electron chi connectivity index (χ3n) is 10.8. The molecule has 62 heavy (non-hydrogen) atoms. The van der Waals surface area contributed by atoms with Crippen molar-refractivity contribution in [3.63, 3.8) is 0 Å². The first-order chi connectivity index (χ1) is 29.6. The van der Waals surface area contributed by atoms with E-state index in [9.17, 15) is 43.5 Å². The SMILES string of the molecule is CCC(C)C(NC(=O)NC1CCCCNC(=O)C(COC(C)=O)NC(=O)C(CCc2ccccc2)N(C)C(=O)C(CCc2ccccc2)NC(=O)C(CCSC)NC1=O)C(=O)O. The molecule has 0 aromatic heterocycles. The molecule has 2 aromatic rings. The predicted octanol–water partition coefficient (Wildman–Crippen LogP) is 2.32. The summed E-state index contributed by atoms with van der Waals surface area (Å²) in [5, 5.41) is 25.9. The summed E-state index contributed by atoms with van der Waals surface area (Å²) in [6.45, 7) is 4.21. The summed E-state index contributed by atoms with van der Waals surface area (Å²) in [6.07, 6.45) is 4.08. The number of carboxylic acid groups (broad SMARTS) is 1. The van der Waals surface area contributed by atoms with Gasteiger partial charge in [-0.2, -0.15) is 11.8 Å². The van der Waals surface area contributed by atoms with Gasteiger partial charge >= 0.3 is 18.0 Å². The maximum atomic E-state index is 14.6. The van der Waals surface area contributed by atoms with Crippen LogP contribution < -0.4 is 31.9 Å². The summed E-state index contributed by atoms with van der Waals surface area (Å²) in [4.78, 5) is 109. The number of urea groups is 1. The fraction of sp³-hybridized carbons (Fsp3) is 0.545. The Balaban J connectivity index is 2.06. The number of hydrogen-bond donors (Lipinski definition) is 7. The molecular formula is C44H63N7O10S.